The first-order valence-electron chi connectivity index (χ1n) is 4.89. The van der Waals surface area contributed by atoms with Crippen LogP contribution in [0.2, 0.25) is 0 Å². The van der Waals surface area contributed by atoms with Crippen molar-refractivity contribution >= 4 is 28.8 Å². The van der Waals surface area contributed by atoms with Gasteiger partial charge in [0, 0.05) is 16.5 Å². The molecule has 0 aliphatic carbocycles. The molecule has 16 heavy (non-hydrogen) atoms. The summed E-state index contributed by atoms with van der Waals surface area (Å²) in [5.74, 6) is 0.740. The van der Waals surface area contributed by atoms with Crippen molar-refractivity contribution in [1.29, 1.82) is 0 Å². The maximum Gasteiger partial charge on any atom is 0.154 e. The number of hydrogen-bond donors (Lipinski definition) is 1. The lowest BCUT2D eigenvalue weighted by atomic mass is 10.3. The van der Waals surface area contributed by atoms with Crippen molar-refractivity contribution in [2.75, 3.05) is 12.3 Å². The number of nitrogen functional groups attached to an aromatic ring is 1. The fourth-order valence-corrected chi connectivity index (χ4v) is 2.85. The molecule has 1 heterocycles. The van der Waals surface area contributed by atoms with Crippen molar-refractivity contribution < 1.29 is 4.74 Å². The van der Waals surface area contributed by atoms with Crippen LogP contribution in [0.3, 0.4) is 0 Å². The van der Waals surface area contributed by atoms with E-state index in [1.807, 2.05) is 30.5 Å². The van der Waals surface area contributed by atoms with Gasteiger partial charge in [-0.1, -0.05) is 11.8 Å². The molecule has 1 aromatic carbocycles. The molecule has 0 fully saturated rings. The zero-order valence-electron chi connectivity index (χ0n) is 8.84. The Balaban J connectivity index is 2.19. The fraction of sp³-hybridized carbons (Fsp3) is 0.182. The Labute approximate surface area is 103 Å². The maximum absolute atomic E-state index is 5.80. The van der Waals surface area contributed by atoms with E-state index in [4.69, 9.17) is 10.5 Å². The average Bonchev–Trinajstić information content (AvgIpc) is 2.76. The van der Waals surface area contributed by atoms with Crippen molar-refractivity contribution in [2.24, 2.45) is 0 Å². The van der Waals surface area contributed by atoms with Crippen molar-refractivity contribution in [3.05, 3.63) is 29.8 Å². The van der Waals surface area contributed by atoms with E-state index in [0.29, 0.717) is 12.3 Å². The minimum Gasteiger partial charge on any atom is -0.492 e. The molecular weight excluding hydrogens is 240 g/mol. The second kappa shape index (κ2) is 5.23. The molecule has 0 unspecified atom stereocenters. The number of thiazole rings is 1. The topological polar surface area (TPSA) is 48.1 Å². The predicted octanol–water partition coefficient (Wildman–Crippen LogP) is 3.28. The minimum atomic E-state index is 0.621. The average molecular weight is 252 g/mol. The summed E-state index contributed by atoms with van der Waals surface area (Å²) in [4.78, 5) is 5.31. The summed E-state index contributed by atoms with van der Waals surface area (Å²) in [5.41, 5.74) is 6.47. The fourth-order valence-electron chi connectivity index (χ4n) is 1.22. The zero-order valence-corrected chi connectivity index (χ0v) is 10.5. The van der Waals surface area contributed by atoms with E-state index < -0.39 is 0 Å². The molecule has 1 aromatic heterocycles. The maximum atomic E-state index is 5.80. The van der Waals surface area contributed by atoms with Crippen LogP contribution in [0.15, 0.2) is 39.0 Å². The molecule has 0 bridgehead atoms. The van der Waals surface area contributed by atoms with E-state index in [1.54, 1.807) is 29.3 Å². The summed E-state index contributed by atoms with van der Waals surface area (Å²) < 4.78 is 6.46. The van der Waals surface area contributed by atoms with Crippen molar-refractivity contribution in [3.63, 3.8) is 0 Å². The van der Waals surface area contributed by atoms with E-state index in [2.05, 4.69) is 4.98 Å². The van der Waals surface area contributed by atoms with Crippen LogP contribution in [0.25, 0.3) is 0 Å². The molecule has 0 amide bonds. The van der Waals surface area contributed by atoms with Crippen LogP contribution >= 0.6 is 23.1 Å². The first kappa shape index (κ1) is 11.3. The zero-order chi connectivity index (χ0) is 11.4. The molecule has 2 aromatic rings. The van der Waals surface area contributed by atoms with E-state index in [0.717, 1.165) is 15.0 Å². The lowest BCUT2D eigenvalue weighted by molar-refractivity contribution is 0.341. The molecule has 0 aliphatic heterocycles. The highest BCUT2D eigenvalue weighted by Gasteiger charge is 2.04. The summed E-state index contributed by atoms with van der Waals surface area (Å²) in [7, 11) is 0. The van der Waals surface area contributed by atoms with Gasteiger partial charge in [0.1, 0.15) is 5.75 Å². The Hall–Kier alpha value is -1.20. The highest BCUT2D eigenvalue weighted by atomic mass is 32.2. The van der Waals surface area contributed by atoms with Gasteiger partial charge < -0.3 is 10.5 Å². The molecular formula is C11H12N2OS2. The second-order valence-electron chi connectivity index (χ2n) is 3.03. The summed E-state index contributed by atoms with van der Waals surface area (Å²) in [6, 6.07) is 5.79. The van der Waals surface area contributed by atoms with Crippen LogP contribution in [-0.2, 0) is 0 Å². The molecule has 0 spiro atoms. The summed E-state index contributed by atoms with van der Waals surface area (Å²) in [5, 5.41) is 1.96. The highest BCUT2D eigenvalue weighted by Crippen LogP contribution is 2.33. The van der Waals surface area contributed by atoms with E-state index in [-0.39, 0.29) is 0 Å². The molecule has 2 rings (SSSR count). The molecule has 2 N–H and O–H groups in total. The third-order valence-electron chi connectivity index (χ3n) is 1.90. The first-order chi connectivity index (χ1) is 7.79. The number of aromatic nitrogens is 1. The summed E-state index contributed by atoms with van der Waals surface area (Å²) in [6.07, 6.45) is 1.80. The van der Waals surface area contributed by atoms with Gasteiger partial charge in [-0.15, -0.1) is 11.3 Å². The minimum absolute atomic E-state index is 0.621. The number of rotatable bonds is 4. The van der Waals surface area contributed by atoms with Gasteiger partial charge in [0.25, 0.3) is 0 Å². The highest BCUT2D eigenvalue weighted by molar-refractivity contribution is 8.01. The standard InChI is InChI=1S/C11H12N2OS2/c1-2-14-10-7-8(3-4-9(10)12)16-11-13-5-6-15-11/h3-7H,2,12H2,1H3. The largest absolute Gasteiger partial charge is 0.492 e. The van der Waals surface area contributed by atoms with Crippen LogP contribution in [-0.4, -0.2) is 11.6 Å². The molecule has 0 saturated carbocycles. The molecule has 0 saturated heterocycles. The van der Waals surface area contributed by atoms with E-state index >= 15 is 0 Å². The lowest BCUT2D eigenvalue weighted by Crippen LogP contribution is -1.96. The Morgan fingerprint density at radius 3 is 3.06 bits per heavy atom. The van der Waals surface area contributed by atoms with Crippen LogP contribution < -0.4 is 10.5 Å². The smallest absolute Gasteiger partial charge is 0.154 e. The van der Waals surface area contributed by atoms with Gasteiger partial charge in [0.05, 0.1) is 12.3 Å². The van der Waals surface area contributed by atoms with Gasteiger partial charge >= 0.3 is 0 Å². The predicted molar refractivity (Wildman–Crippen MR) is 68.3 cm³/mol. The molecule has 84 valence electrons. The van der Waals surface area contributed by atoms with Gasteiger partial charge in [-0.2, -0.15) is 0 Å². The Morgan fingerprint density at radius 2 is 2.38 bits per heavy atom. The molecule has 0 aliphatic rings. The van der Waals surface area contributed by atoms with Crippen molar-refractivity contribution in [3.8, 4) is 5.75 Å². The van der Waals surface area contributed by atoms with Crippen LogP contribution in [0.1, 0.15) is 6.92 Å². The van der Waals surface area contributed by atoms with Gasteiger partial charge in [-0.3, -0.25) is 0 Å². The van der Waals surface area contributed by atoms with Gasteiger partial charge in [-0.05, 0) is 25.1 Å². The normalized spacial score (nSPS) is 10.3. The van der Waals surface area contributed by atoms with E-state index in [1.165, 1.54) is 0 Å². The van der Waals surface area contributed by atoms with E-state index in [9.17, 15) is 0 Å². The van der Waals surface area contributed by atoms with Crippen molar-refractivity contribution in [2.45, 2.75) is 16.2 Å². The lowest BCUT2D eigenvalue weighted by Gasteiger charge is -2.07. The Bertz CT molecular complexity index is 457. The SMILES string of the molecule is CCOc1cc(Sc2nccs2)ccc1N. The van der Waals surface area contributed by atoms with Crippen LogP contribution in [0, 0.1) is 0 Å². The molecule has 0 atom stereocenters. The number of hydrogen-bond acceptors (Lipinski definition) is 5. The van der Waals surface area contributed by atoms with Crippen molar-refractivity contribution in [1.82, 2.24) is 4.98 Å². The number of anilines is 1. The second-order valence-corrected chi connectivity index (χ2v) is 5.25. The number of benzene rings is 1. The first-order valence-corrected chi connectivity index (χ1v) is 6.59. The quantitative estimate of drug-likeness (QED) is 0.848. The summed E-state index contributed by atoms with van der Waals surface area (Å²) >= 11 is 3.24. The number of nitrogens with zero attached hydrogens (tertiary/aromatic N) is 1. The Kier molecular flexibility index (Phi) is 3.69. The van der Waals surface area contributed by atoms with Gasteiger partial charge in [0.2, 0.25) is 0 Å². The molecule has 0 radical (unpaired) electrons. The summed E-state index contributed by atoms with van der Waals surface area (Å²) in [6.45, 7) is 2.57. The Morgan fingerprint density at radius 1 is 1.50 bits per heavy atom. The van der Waals surface area contributed by atoms with Crippen LogP contribution in [0.4, 0.5) is 5.69 Å². The number of nitrogens with two attached hydrogens (primary N) is 1. The van der Waals surface area contributed by atoms with Crippen LogP contribution in [0.5, 0.6) is 5.75 Å². The van der Waals surface area contributed by atoms with Gasteiger partial charge in [-0.25, -0.2) is 4.98 Å². The monoisotopic (exact) mass is 252 g/mol. The third kappa shape index (κ3) is 2.68. The van der Waals surface area contributed by atoms with Gasteiger partial charge in [0.15, 0.2) is 4.34 Å². The third-order valence-corrected chi connectivity index (χ3v) is 3.77. The molecule has 3 nitrogen and oxygen atoms in total. The molecule has 5 heteroatoms. The number of ether oxygens (including phenoxy) is 1.